The quantitative estimate of drug-likeness (QED) is 0.698. The highest BCUT2D eigenvalue weighted by Crippen LogP contribution is 2.34. The standard InChI is InChI=1S/C10H13NO4/c11-4-7(12)5-13-8-1-2-9-10(3-8)15-6-14-9/h1-3,7,12H,4-6,11H2/p+1/t7-/m1/s1. The Morgan fingerprint density at radius 1 is 1.40 bits per heavy atom. The van der Waals surface area contributed by atoms with E-state index in [-0.39, 0.29) is 13.4 Å². The zero-order valence-electron chi connectivity index (χ0n) is 8.31. The van der Waals surface area contributed by atoms with Gasteiger partial charge in [-0.15, -0.1) is 0 Å². The van der Waals surface area contributed by atoms with Crippen LogP contribution in [0.3, 0.4) is 0 Å². The van der Waals surface area contributed by atoms with E-state index in [1.807, 2.05) is 0 Å². The van der Waals surface area contributed by atoms with Gasteiger partial charge in [0, 0.05) is 6.07 Å². The molecule has 0 saturated heterocycles. The van der Waals surface area contributed by atoms with Crippen LogP contribution in [0.1, 0.15) is 0 Å². The Morgan fingerprint density at radius 3 is 3.00 bits per heavy atom. The molecule has 0 radical (unpaired) electrons. The Bertz CT molecular complexity index is 342. The van der Waals surface area contributed by atoms with Crippen LogP contribution in [0.25, 0.3) is 0 Å². The summed E-state index contributed by atoms with van der Waals surface area (Å²) in [6.07, 6.45) is -0.532. The lowest BCUT2D eigenvalue weighted by Gasteiger charge is -2.09. The van der Waals surface area contributed by atoms with Crippen LogP contribution in [-0.4, -0.2) is 31.2 Å². The molecule has 1 aliphatic rings. The Hall–Kier alpha value is -1.46. The predicted octanol–water partition coefficient (Wildman–Crippen LogP) is -0.603. The number of aliphatic hydroxyl groups is 1. The number of benzene rings is 1. The molecule has 5 heteroatoms. The van der Waals surface area contributed by atoms with Crippen molar-refractivity contribution < 1.29 is 25.1 Å². The van der Waals surface area contributed by atoms with Crippen molar-refractivity contribution in [3.05, 3.63) is 18.2 Å². The fraction of sp³-hybridized carbons (Fsp3) is 0.400. The Balaban J connectivity index is 1.98. The summed E-state index contributed by atoms with van der Waals surface area (Å²) >= 11 is 0. The second-order valence-corrected chi connectivity index (χ2v) is 3.27. The van der Waals surface area contributed by atoms with Crippen molar-refractivity contribution >= 4 is 0 Å². The fourth-order valence-electron chi connectivity index (χ4n) is 1.24. The summed E-state index contributed by atoms with van der Waals surface area (Å²) in [6.45, 7) is 0.925. The van der Waals surface area contributed by atoms with Crippen molar-refractivity contribution in [2.24, 2.45) is 0 Å². The molecular formula is C10H14NO4+. The molecule has 0 spiro atoms. The maximum absolute atomic E-state index is 9.27. The van der Waals surface area contributed by atoms with Crippen LogP contribution in [-0.2, 0) is 0 Å². The van der Waals surface area contributed by atoms with Gasteiger partial charge < -0.3 is 25.1 Å². The molecule has 1 atom stereocenters. The number of fused-ring (bicyclic) bond motifs is 1. The first-order chi connectivity index (χ1) is 7.29. The van der Waals surface area contributed by atoms with E-state index in [4.69, 9.17) is 14.2 Å². The predicted molar refractivity (Wildman–Crippen MR) is 51.8 cm³/mol. The highest BCUT2D eigenvalue weighted by atomic mass is 16.7. The van der Waals surface area contributed by atoms with Gasteiger partial charge in [-0.05, 0) is 12.1 Å². The van der Waals surface area contributed by atoms with E-state index in [9.17, 15) is 5.11 Å². The summed E-state index contributed by atoms with van der Waals surface area (Å²) in [7, 11) is 0. The van der Waals surface area contributed by atoms with Crippen LogP contribution >= 0.6 is 0 Å². The molecule has 0 amide bonds. The SMILES string of the molecule is [NH3+]C[C@@H](O)COc1ccc2c(c1)OCO2. The normalized spacial score (nSPS) is 15.1. The van der Waals surface area contributed by atoms with Gasteiger partial charge in [-0.2, -0.15) is 0 Å². The van der Waals surface area contributed by atoms with Crippen molar-refractivity contribution in [2.75, 3.05) is 19.9 Å². The second-order valence-electron chi connectivity index (χ2n) is 3.27. The van der Waals surface area contributed by atoms with Crippen LogP contribution in [0.15, 0.2) is 18.2 Å². The second kappa shape index (κ2) is 4.37. The molecule has 0 unspecified atom stereocenters. The molecule has 1 aromatic carbocycles. The molecule has 0 fully saturated rings. The van der Waals surface area contributed by atoms with Gasteiger partial charge >= 0.3 is 0 Å². The highest BCUT2D eigenvalue weighted by molar-refractivity contribution is 5.46. The molecule has 5 nitrogen and oxygen atoms in total. The Kier molecular flexibility index (Phi) is 2.94. The first kappa shape index (κ1) is 10.1. The molecule has 1 heterocycles. The topological polar surface area (TPSA) is 75.6 Å². The summed E-state index contributed by atoms with van der Waals surface area (Å²) in [5.74, 6) is 2.06. The van der Waals surface area contributed by atoms with Crippen LogP contribution in [0.5, 0.6) is 17.2 Å². The maximum atomic E-state index is 9.27. The molecule has 0 aromatic heterocycles. The first-order valence-corrected chi connectivity index (χ1v) is 4.79. The first-order valence-electron chi connectivity index (χ1n) is 4.79. The van der Waals surface area contributed by atoms with Crippen molar-refractivity contribution in [1.29, 1.82) is 0 Å². The number of hydrogen-bond donors (Lipinski definition) is 2. The zero-order chi connectivity index (χ0) is 10.7. The van der Waals surface area contributed by atoms with Crippen LogP contribution in [0, 0.1) is 0 Å². The van der Waals surface area contributed by atoms with E-state index < -0.39 is 6.10 Å². The molecule has 0 saturated carbocycles. The molecule has 1 aliphatic heterocycles. The molecule has 15 heavy (non-hydrogen) atoms. The summed E-state index contributed by atoms with van der Waals surface area (Å²) < 4.78 is 15.7. The van der Waals surface area contributed by atoms with Gasteiger partial charge in [0.1, 0.15) is 25.0 Å². The largest absolute Gasteiger partial charge is 0.491 e. The molecule has 0 aliphatic carbocycles. The lowest BCUT2D eigenvalue weighted by molar-refractivity contribution is -0.384. The van der Waals surface area contributed by atoms with E-state index in [2.05, 4.69) is 5.73 Å². The minimum atomic E-state index is -0.532. The molecule has 0 bridgehead atoms. The molecule has 4 N–H and O–H groups in total. The van der Waals surface area contributed by atoms with Gasteiger partial charge in [0.15, 0.2) is 11.5 Å². The van der Waals surface area contributed by atoms with E-state index in [1.54, 1.807) is 18.2 Å². The average molecular weight is 212 g/mol. The average Bonchev–Trinajstić information content (AvgIpc) is 2.72. The smallest absolute Gasteiger partial charge is 0.231 e. The Labute approximate surface area is 87.4 Å². The van der Waals surface area contributed by atoms with E-state index in [0.717, 1.165) is 5.75 Å². The monoisotopic (exact) mass is 212 g/mol. The zero-order valence-corrected chi connectivity index (χ0v) is 8.31. The fourth-order valence-corrected chi connectivity index (χ4v) is 1.24. The number of quaternary nitrogens is 1. The van der Waals surface area contributed by atoms with Crippen molar-refractivity contribution in [2.45, 2.75) is 6.10 Å². The Morgan fingerprint density at radius 2 is 2.20 bits per heavy atom. The van der Waals surface area contributed by atoms with E-state index in [1.165, 1.54) is 0 Å². The minimum Gasteiger partial charge on any atom is -0.491 e. The lowest BCUT2D eigenvalue weighted by Crippen LogP contribution is -2.56. The number of rotatable bonds is 4. The van der Waals surface area contributed by atoms with Crippen LogP contribution < -0.4 is 19.9 Å². The highest BCUT2D eigenvalue weighted by Gasteiger charge is 2.14. The van der Waals surface area contributed by atoms with E-state index in [0.29, 0.717) is 18.0 Å². The molecule has 2 rings (SSSR count). The van der Waals surface area contributed by atoms with Gasteiger partial charge in [0.2, 0.25) is 6.79 Å². The third kappa shape index (κ3) is 2.31. The summed E-state index contributed by atoms with van der Waals surface area (Å²) in [5.41, 5.74) is 3.58. The molecule has 1 aromatic rings. The summed E-state index contributed by atoms with van der Waals surface area (Å²) in [4.78, 5) is 0. The van der Waals surface area contributed by atoms with Crippen LogP contribution in [0.4, 0.5) is 0 Å². The van der Waals surface area contributed by atoms with Crippen molar-refractivity contribution in [3.8, 4) is 17.2 Å². The molecule has 82 valence electrons. The summed E-state index contributed by atoms with van der Waals surface area (Å²) in [5, 5.41) is 9.27. The minimum absolute atomic E-state index is 0.239. The number of ether oxygens (including phenoxy) is 3. The molecular weight excluding hydrogens is 198 g/mol. The van der Waals surface area contributed by atoms with Crippen molar-refractivity contribution in [3.63, 3.8) is 0 Å². The lowest BCUT2D eigenvalue weighted by atomic mass is 10.3. The number of aliphatic hydroxyl groups excluding tert-OH is 1. The third-order valence-corrected chi connectivity index (χ3v) is 2.12. The van der Waals surface area contributed by atoms with Gasteiger partial charge in [0.05, 0.1) is 0 Å². The van der Waals surface area contributed by atoms with Crippen LogP contribution in [0.2, 0.25) is 0 Å². The van der Waals surface area contributed by atoms with Gasteiger partial charge in [-0.3, -0.25) is 0 Å². The van der Waals surface area contributed by atoms with Gasteiger partial charge in [-0.1, -0.05) is 0 Å². The maximum Gasteiger partial charge on any atom is 0.231 e. The van der Waals surface area contributed by atoms with E-state index >= 15 is 0 Å². The van der Waals surface area contributed by atoms with Gasteiger partial charge in [0.25, 0.3) is 0 Å². The summed E-state index contributed by atoms with van der Waals surface area (Å²) in [6, 6.07) is 5.32. The number of hydrogen-bond acceptors (Lipinski definition) is 4. The van der Waals surface area contributed by atoms with Crippen molar-refractivity contribution in [1.82, 2.24) is 0 Å². The third-order valence-electron chi connectivity index (χ3n) is 2.12. The van der Waals surface area contributed by atoms with Gasteiger partial charge in [-0.25, -0.2) is 0 Å².